The second-order valence-corrected chi connectivity index (χ2v) is 6.55. The van der Waals surface area contributed by atoms with E-state index in [1.165, 1.54) is 30.2 Å². The largest absolute Gasteiger partial charge is 0.381 e. The van der Waals surface area contributed by atoms with E-state index in [9.17, 15) is 9.90 Å². The normalized spacial score (nSPS) is 23.8. The first-order valence-electron chi connectivity index (χ1n) is 8.15. The van der Waals surface area contributed by atoms with Crippen molar-refractivity contribution in [1.29, 1.82) is 0 Å². The minimum Gasteiger partial charge on any atom is -0.381 e. The van der Waals surface area contributed by atoms with Crippen LogP contribution in [0.25, 0.3) is 0 Å². The van der Waals surface area contributed by atoms with E-state index in [2.05, 4.69) is 21.5 Å². The van der Waals surface area contributed by atoms with E-state index in [0.717, 1.165) is 18.4 Å². The van der Waals surface area contributed by atoms with Crippen LogP contribution in [-0.4, -0.2) is 44.4 Å². The summed E-state index contributed by atoms with van der Waals surface area (Å²) in [5.41, 5.74) is 2.78. The standard InChI is InChI=1S/C17H20N4O2/c22-16(14-6-5-12-3-1-2-4-13(12)9-14)21-8-7-17(23,11-21)15-10-18-20-19-15/h5-6,9-10,23H,1-4,7-8,11H2,(H,18,19,20)/t17-/m0/s1. The van der Waals surface area contributed by atoms with Crippen molar-refractivity contribution in [3.63, 3.8) is 0 Å². The third-order valence-electron chi connectivity index (χ3n) is 5.02. The monoisotopic (exact) mass is 312 g/mol. The SMILES string of the molecule is O=C(c1ccc2c(c1)CCCC2)N1CC[C@@](O)(c2cn[nH]n2)C1. The summed E-state index contributed by atoms with van der Waals surface area (Å²) >= 11 is 0. The highest BCUT2D eigenvalue weighted by Crippen LogP contribution is 2.31. The molecule has 1 aliphatic heterocycles. The van der Waals surface area contributed by atoms with Gasteiger partial charge in [-0.15, -0.1) is 0 Å². The number of hydrogen-bond acceptors (Lipinski definition) is 4. The van der Waals surface area contributed by atoms with Crippen LogP contribution in [-0.2, 0) is 18.4 Å². The molecule has 2 heterocycles. The molecule has 0 radical (unpaired) electrons. The molecule has 0 bridgehead atoms. The average Bonchev–Trinajstić information content (AvgIpc) is 3.24. The van der Waals surface area contributed by atoms with Gasteiger partial charge in [0, 0.05) is 18.5 Å². The molecule has 6 nitrogen and oxygen atoms in total. The summed E-state index contributed by atoms with van der Waals surface area (Å²) in [7, 11) is 0. The number of aromatic nitrogens is 3. The average molecular weight is 312 g/mol. The highest BCUT2D eigenvalue weighted by atomic mass is 16.3. The summed E-state index contributed by atoms with van der Waals surface area (Å²) in [5.74, 6) is -0.0159. The molecule has 0 spiro atoms. The summed E-state index contributed by atoms with van der Waals surface area (Å²) in [6, 6.07) is 6.03. The Morgan fingerprint density at radius 1 is 1.26 bits per heavy atom. The smallest absolute Gasteiger partial charge is 0.253 e. The number of nitrogens with one attached hydrogen (secondary N) is 1. The lowest BCUT2D eigenvalue weighted by molar-refractivity contribution is 0.0382. The molecule has 1 fully saturated rings. The molecule has 6 heteroatoms. The fourth-order valence-electron chi connectivity index (χ4n) is 3.65. The van der Waals surface area contributed by atoms with Gasteiger partial charge in [0.25, 0.3) is 5.91 Å². The van der Waals surface area contributed by atoms with Gasteiger partial charge in [-0.3, -0.25) is 4.79 Å². The third-order valence-corrected chi connectivity index (χ3v) is 5.02. The third kappa shape index (κ3) is 2.53. The number of fused-ring (bicyclic) bond motifs is 1. The van der Waals surface area contributed by atoms with Crippen molar-refractivity contribution in [3.8, 4) is 0 Å². The lowest BCUT2D eigenvalue weighted by Gasteiger charge is -2.22. The number of carbonyl (C=O) groups excluding carboxylic acids is 1. The van der Waals surface area contributed by atoms with Gasteiger partial charge in [0.1, 0.15) is 11.3 Å². The van der Waals surface area contributed by atoms with Crippen molar-refractivity contribution < 1.29 is 9.90 Å². The summed E-state index contributed by atoms with van der Waals surface area (Å²) in [4.78, 5) is 14.5. The van der Waals surface area contributed by atoms with Gasteiger partial charge >= 0.3 is 0 Å². The summed E-state index contributed by atoms with van der Waals surface area (Å²) < 4.78 is 0. The number of aromatic amines is 1. The molecule has 0 unspecified atom stereocenters. The van der Waals surface area contributed by atoms with E-state index in [-0.39, 0.29) is 12.5 Å². The van der Waals surface area contributed by atoms with Crippen LogP contribution in [0.5, 0.6) is 0 Å². The number of benzene rings is 1. The number of β-amino-alcohol motifs (C(OH)–C–C–N with tert-alkyl or cyclic N) is 1. The van der Waals surface area contributed by atoms with Gasteiger partial charge in [-0.2, -0.15) is 15.4 Å². The number of likely N-dealkylation sites (tertiary alicyclic amines) is 1. The first kappa shape index (κ1) is 14.4. The van der Waals surface area contributed by atoms with Gasteiger partial charge in [-0.25, -0.2) is 0 Å². The summed E-state index contributed by atoms with van der Waals surface area (Å²) in [6.45, 7) is 0.786. The topological polar surface area (TPSA) is 82.1 Å². The first-order chi connectivity index (χ1) is 11.2. The van der Waals surface area contributed by atoms with Crippen LogP contribution >= 0.6 is 0 Å². The molecule has 2 aromatic rings. The minimum atomic E-state index is -1.10. The molecule has 1 aromatic heterocycles. The Bertz CT molecular complexity index is 728. The Hall–Kier alpha value is -2.21. The quantitative estimate of drug-likeness (QED) is 0.878. The first-order valence-corrected chi connectivity index (χ1v) is 8.15. The Morgan fingerprint density at radius 2 is 2.09 bits per heavy atom. The van der Waals surface area contributed by atoms with Crippen LogP contribution in [0.1, 0.15) is 46.4 Å². The van der Waals surface area contributed by atoms with Gasteiger partial charge in [0.15, 0.2) is 0 Å². The maximum atomic E-state index is 12.8. The van der Waals surface area contributed by atoms with E-state index in [1.54, 1.807) is 4.90 Å². The molecule has 1 amide bonds. The zero-order valence-corrected chi connectivity index (χ0v) is 13.0. The van der Waals surface area contributed by atoms with Crippen LogP contribution in [0, 0.1) is 0 Å². The molecule has 120 valence electrons. The number of H-pyrrole nitrogens is 1. The molecule has 1 aromatic carbocycles. The molecule has 0 saturated carbocycles. The molecule has 1 saturated heterocycles. The van der Waals surface area contributed by atoms with Crippen molar-refractivity contribution in [2.45, 2.75) is 37.7 Å². The fraction of sp³-hybridized carbons (Fsp3) is 0.471. The lowest BCUT2D eigenvalue weighted by Crippen LogP contribution is -2.34. The molecule has 2 aliphatic rings. The van der Waals surface area contributed by atoms with E-state index in [1.807, 2.05) is 12.1 Å². The number of carbonyl (C=O) groups is 1. The molecule has 2 N–H and O–H groups in total. The Balaban J connectivity index is 1.54. The Kier molecular flexibility index (Phi) is 3.41. The predicted octanol–water partition coefficient (Wildman–Crippen LogP) is 1.42. The maximum Gasteiger partial charge on any atom is 0.253 e. The van der Waals surface area contributed by atoms with E-state index < -0.39 is 5.60 Å². The second kappa shape index (κ2) is 5.45. The van der Waals surface area contributed by atoms with Crippen molar-refractivity contribution in [1.82, 2.24) is 20.3 Å². The van der Waals surface area contributed by atoms with Crippen molar-refractivity contribution in [3.05, 3.63) is 46.8 Å². The van der Waals surface area contributed by atoms with Gasteiger partial charge in [0.2, 0.25) is 0 Å². The lowest BCUT2D eigenvalue weighted by atomic mass is 9.90. The Morgan fingerprint density at radius 3 is 2.87 bits per heavy atom. The molecule has 1 atom stereocenters. The molecular weight excluding hydrogens is 292 g/mol. The second-order valence-electron chi connectivity index (χ2n) is 6.55. The number of rotatable bonds is 2. The van der Waals surface area contributed by atoms with E-state index in [0.29, 0.717) is 18.7 Å². The fourth-order valence-corrected chi connectivity index (χ4v) is 3.65. The molecule has 1 aliphatic carbocycles. The number of nitrogens with zero attached hydrogens (tertiary/aromatic N) is 3. The Labute approximate surface area is 134 Å². The highest BCUT2D eigenvalue weighted by molar-refractivity contribution is 5.94. The van der Waals surface area contributed by atoms with Crippen LogP contribution in [0.4, 0.5) is 0 Å². The van der Waals surface area contributed by atoms with Crippen molar-refractivity contribution in [2.24, 2.45) is 0 Å². The van der Waals surface area contributed by atoms with Gasteiger partial charge in [-0.1, -0.05) is 6.07 Å². The maximum absolute atomic E-state index is 12.8. The van der Waals surface area contributed by atoms with Gasteiger partial charge in [0.05, 0.1) is 12.7 Å². The van der Waals surface area contributed by atoms with Crippen molar-refractivity contribution in [2.75, 3.05) is 13.1 Å². The van der Waals surface area contributed by atoms with E-state index in [4.69, 9.17) is 0 Å². The van der Waals surface area contributed by atoms with Crippen LogP contribution in [0.2, 0.25) is 0 Å². The molecule has 4 rings (SSSR count). The zero-order chi connectivity index (χ0) is 15.9. The zero-order valence-electron chi connectivity index (χ0n) is 13.0. The molecular formula is C17H20N4O2. The van der Waals surface area contributed by atoms with Gasteiger partial charge < -0.3 is 10.0 Å². The number of aliphatic hydroxyl groups is 1. The number of hydrogen-bond donors (Lipinski definition) is 2. The number of amides is 1. The highest BCUT2D eigenvalue weighted by Gasteiger charge is 2.41. The predicted molar refractivity (Wildman–Crippen MR) is 83.9 cm³/mol. The van der Waals surface area contributed by atoms with Crippen LogP contribution in [0.3, 0.4) is 0 Å². The van der Waals surface area contributed by atoms with Crippen LogP contribution < -0.4 is 0 Å². The minimum absolute atomic E-state index is 0.0159. The van der Waals surface area contributed by atoms with E-state index >= 15 is 0 Å². The summed E-state index contributed by atoms with van der Waals surface area (Å²) in [5, 5.41) is 20.9. The van der Waals surface area contributed by atoms with Gasteiger partial charge in [-0.05, 0) is 48.9 Å². The summed E-state index contributed by atoms with van der Waals surface area (Å²) in [6.07, 6.45) is 6.60. The van der Waals surface area contributed by atoms with Crippen molar-refractivity contribution >= 4 is 5.91 Å². The van der Waals surface area contributed by atoms with Crippen LogP contribution in [0.15, 0.2) is 24.4 Å². The number of aryl methyl sites for hydroxylation is 2. The molecule has 23 heavy (non-hydrogen) atoms.